The SMILES string of the molecule is O=C(COc1ccc([N+](=O)[O-])cc1Cl)N1CCN(c2ccc([N+](=O)[O-])cc2)CC1. The molecule has 1 fully saturated rings. The Kier molecular flexibility index (Phi) is 6.13. The van der Waals surface area contributed by atoms with E-state index in [9.17, 15) is 25.0 Å². The summed E-state index contributed by atoms with van der Waals surface area (Å²) in [5.41, 5.74) is 0.734. The van der Waals surface area contributed by atoms with E-state index in [1.165, 1.54) is 30.3 Å². The van der Waals surface area contributed by atoms with Gasteiger partial charge < -0.3 is 14.5 Å². The van der Waals surface area contributed by atoms with E-state index in [-0.39, 0.29) is 34.7 Å². The van der Waals surface area contributed by atoms with Gasteiger partial charge in [0.1, 0.15) is 5.75 Å². The molecule has 0 saturated carbocycles. The van der Waals surface area contributed by atoms with Gasteiger partial charge in [-0.3, -0.25) is 25.0 Å². The number of rotatable bonds is 6. The van der Waals surface area contributed by atoms with Crippen LogP contribution in [0.4, 0.5) is 17.1 Å². The predicted octanol–water partition coefficient (Wildman–Crippen LogP) is 2.88. The summed E-state index contributed by atoms with van der Waals surface area (Å²) in [5.74, 6) is -0.0158. The Labute approximate surface area is 170 Å². The van der Waals surface area contributed by atoms with Crippen LogP contribution in [0.15, 0.2) is 42.5 Å². The van der Waals surface area contributed by atoms with Gasteiger partial charge in [0.15, 0.2) is 6.61 Å². The average molecular weight is 421 g/mol. The molecule has 11 heteroatoms. The average Bonchev–Trinajstić information content (AvgIpc) is 2.72. The van der Waals surface area contributed by atoms with E-state index in [0.717, 1.165) is 5.69 Å². The van der Waals surface area contributed by atoms with Crippen molar-refractivity contribution in [2.75, 3.05) is 37.7 Å². The van der Waals surface area contributed by atoms with E-state index in [1.54, 1.807) is 17.0 Å². The normalized spacial score (nSPS) is 13.8. The summed E-state index contributed by atoms with van der Waals surface area (Å²) in [4.78, 5) is 36.5. The Hall–Kier alpha value is -3.40. The van der Waals surface area contributed by atoms with Gasteiger partial charge in [0.25, 0.3) is 17.3 Å². The molecule has 10 nitrogen and oxygen atoms in total. The van der Waals surface area contributed by atoms with Crippen LogP contribution in [0.2, 0.25) is 5.02 Å². The van der Waals surface area contributed by atoms with Crippen molar-refractivity contribution in [1.82, 2.24) is 4.90 Å². The molecule has 1 aliphatic rings. The van der Waals surface area contributed by atoms with Crippen LogP contribution < -0.4 is 9.64 Å². The molecule has 0 bridgehead atoms. The monoisotopic (exact) mass is 420 g/mol. The van der Waals surface area contributed by atoms with E-state index < -0.39 is 9.85 Å². The first-order valence-electron chi connectivity index (χ1n) is 8.69. The Morgan fingerprint density at radius 2 is 1.55 bits per heavy atom. The molecule has 0 radical (unpaired) electrons. The molecule has 29 heavy (non-hydrogen) atoms. The van der Waals surface area contributed by atoms with Gasteiger partial charge in [-0.1, -0.05) is 11.6 Å². The van der Waals surface area contributed by atoms with Crippen LogP contribution in [0.5, 0.6) is 5.75 Å². The van der Waals surface area contributed by atoms with Gasteiger partial charge in [0.05, 0.1) is 14.9 Å². The summed E-state index contributed by atoms with van der Waals surface area (Å²) < 4.78 is 5.41. The largest absolute Gasteiger partial charge is 0.482 e. The molecule has 0 atom stereocenters. The Morgan fingerprint density at radius 1 is 0.966 bits per heavy atom. The molecule has 1 amide bonds. The highest BCUT2D eigenvalue weighted by atomic mass is 35.5. The zero-order valence-electron chi connectivity index (χ0n) is 15.2. The lowest BCUT2D eigenvalue weighted by Crippen LogP contribution is -2.50. The molecular weight excluding hydrogens is 404 g/mol. The molecule has 152 valence electrons. The van der Waals surface area contributed by atoms with Crippen LogP contribution >= 0.6 is 11.6 Å². The number of ether oxygens (including phenoxy) is 1. The summed E-state index contributed by atoms with van der Waals surface area (Å²) in [6, 6.07) is 10.1. The van der Waals surface area contributed by atoms with E-state index in [4.69, 9.17) is 16.3 Å². The van der Waals surface area contributed by atoms with Crippen molar-refractivity contribution in [3.05, 3.63) is 67.7 Å². The molecule has 2 aromatic rings. The number of benzene rings is 2. The van der Waals surface area contributed by atoms with Crippen molar-refractivity contribution in [3.63, 3.8) is 0 Å². The summed E-state index contributed by atoms with van der Waals surface area (Å²) in [7, 11) is 0. The molecule has 0 aromatic heterocycles. The van der Waals surface area contributed by atoms with Crippen molar-refractivity contribution in [2.45, 2.75) is 0 Å². The summed E-state index contributed by atoms with van der Waals surface area (Å²) in [6.45, 7) is 1.90. The van der Waals surface area contributed by atoms with Crippen LogP contribution in [0, 0.1) is 20.2 Å². The fraction of sp³-hybridized carbons (Fsp3) is 0.278. The number of anilines is 1. The maximum atomic E-state index is 12.4. The number of halogens is 1. The zero-order valence-corrected chi connectivity index (χ0v) is 15.9. The van der Waals surface area contributed by atoms with Gasteiger partial charge in [-0.25, -0.2) is 0 Å². The van der Waals surface area contributed by atoms with Crippen LogP contribution in [-0.2, 0) is 4.79 Å². The Balaban J connectivity index is 1.51. The third-order valence-corrected chi connectivity index (χ3v) is 4.83. The summed E-state index contributed by atoms with van der Waals surface area (Å²) in [6.07, 6.45) is 0. The minimum absolute atomic E-state index is 0.0321. The Morgan fingerprint density at radius 3 is 2.10 bits per heavy atom. The second kappa shape index (κ2) is 8.74. The summed E-state index contributed by atoms with van der Waals surface area (Å²) in [5, 5.41) is 21.5. The van der Waals surface area contributed by atoms with Gasteiger partial charge in [0.2, 0.25) is 0 Å². The second-order valence-corrected chi connectivity index (χ2v) is 6.71. The highest BCUT2D eigenvalue weighted by molar-refractivity contribution is 6.32. The molecular formula is C18H17ClN4O6. The standard InChI is InChI=1S/C18H17ClN4O6/c19-16-11-15(23(27)28)5-6-17(16)29-12-18(24)21-9-7-20(8-10-21)13-1-3-14(4-2-13)22(25)26/h1-6,11H,7-10,12H2. The zero-order chi connectivity index (χ0) is 21.0. The smallest absolute Gasteiger partial charge is 0.271 e. The van der Waals surface area contributed by atoms with Crippen molar-refractivity contribution < 1.29 is 19.4 Å². The fourth-order valence-electron chi connectivity index (χ4n) is 2.95. The highest BCUT2D eigenvalue weighted by Crippen LogP contribution is 2.28. The number of piperazine rings is 1. The number of hydrogen-bond donors (Lipinski definition) is 0. The summed E-state index contributed by atoms with van der Waals surface area (Å²) >= 11 is 5.96. The van der Waals surface area contributed by atoms with Crippen molar-refractivity contribution in [2.24, 2.45) is 0 Å². The lowest BCUT2D eigenvalue weighted by atomic mass is 10.2. The molecule has 1 heterocycles. The molecule has 1 saturated heterocycles. The van der Waals surface area contributed by atoms with Gasteiger partial charge in [0, 0.05) is 56.1 Å². The fourth-order valence-corrected chi connectivity index (χ4v) is 3.18. The maximum Gasteiger partial charge on any atom is 0.271 e. The van der Waals surface area contributed by atoms with Crippen molar-refractivity contribution in [1.29, 1.82) is 0 Å². The first kappa shape index (κ1) is 20.3. The first-order valence-corrected chi connectivity index (χ1v) is 9.07. The number of carbonyl (C=O) groups is 1. The molecule has 0 N–H and O–H groups in total. The van der Waals surface area contributed by atoms with Gasteiger partial charge in [-0.05, 0) is 18.2 Å². The van der Waals surface area contributed by atoms with E-state index in [1.807, 2.05) is 4.90 Å². The van der Waals surface area contributed by atoms with E-state index >= 15 is 0 Å². The number of nitrogens with zero attached hydrogens (tertiary/aromatic N) is 4. The lowest BCUT2D eigenvalue weighted by Gasteiger charge is -2.36. The second-order valence-electron chi connectivity index (χ2n) is 6.30. The van der Waals surface area contributed by atoms with Crippen LogP contribution in [0.25, 0.3) is 0 Å². The van der Waals surface area contributed by atoms with Gasteiger partial charge in [-0.15, -0.1) is 0 Å². The predicted molar refractivity (Wildman–Crippen MR) is 105 cm³/mol. The van der Waals surface area contributed by atoms with Crippen molar-refractivity contribution >= 4 is 34.6 Å². The highest BCUT2D eigenvalue weighted by Gasteiger charge is 2.22. The van der Waals surface area contributed by atoms with E-state index in [0.29, 0.717) is 26.2 Å². The van der Waals surface area contributed by atoms with Gasteiger partial charge in [-0.2, -0.15) is 0 Å². The van der Waals surface area contributed by atoms with Gasteiger partial charge >= 0.3 is 0 Å². The third kappa shape index (κ3) is 4.91. The number of nitro groups is 2. The number of non-ortho nitro benzene ring substituents is 2. The molecule has 0 aliphatic carbocycles. The van der Waals surface area contributed by atoms with Crippen LogP contribution in [-0.4, -0.2) is 53.4 Å². The minimum Gasteiger partial charge on any atom is -0.482 e. The van der Waals surface area contributed by atoms with E-state index in [2.05, 4.69) is 0 Å². The molecule has 1 aliphatic heterocycles. The van der Waals surface area contributed by atoms with Crippen LogP contribution in [0.1, 0.15) is 0 Å². The van der Waals surface area contributed by atoms with Crippen LogP contribution in [0.3, 0.4) is 0 Å². The number of hydrogen-bond acceptors (Lipinski definition) is 7. The quantitative estimate of drug-likeness (QED) is 0.520. The molecule has 0 spiro atoms. The molecule has 0 unspecified atom stereocenters. The molecule has 2 aromatic carbocycles. The number of carbonyl (C=O) groups excluding carboxylic acids is 1. The third-order valence-electron chi connectivity index (χ3n) is 4.54. The maximum absolute atomic E-state index is 12.4. The number of nitro benzene ring substituents is 2. The first-order chi connectivity index (χ1) is 13.8. The lowest BCUT2D eigenvalue weighted by molar-refractivity contribution is -0.385. The van der Waals surface area contributed by atoms with Crippen molar-refractivity contribution in [3.8, 4) is 5.75 Å². The Bertz CT molecular complexity index is 928. The topological polar surface area (TPSA) is 119 Å². The number of amides is 1. The molecule has 3 rings (SSSR count). The minimum atomic E-state index is -0.564.